The third-order valence-electron chi connectivity index (χ3n) is 3.53. The number of aryl methyl sites for hydroxylation is 1. The molecule has 0 fully saturated rings. The zero-order valence-corrected chi connectivity index (χ0v) is 11.1. The van der Waals surface area contributed by atoms with Crippen molar-refractivity contribution in [2.24, 2.45) is 0 Å². The van der Waals surface area contributed by atoms with E-state index in [9.17, 15) is 0 Å². The Bertz CT molecular complexity index is 595. The number of nitrogen functional groups attached to an aromatic ring is 1. The lowest BCUT2D eigenvalue weighted by Crippen LogP contribution is -2.26. The summed E-state index contributed by atoms with van der Waals surface area (Å²) in [6.07, 6.45) is 0. The molecule has 2 aromatic rings. The Hall–Kier alpha value is -2.16. The molecule has 1 heterocycles. The molecular weight excluding hydrogens is 236 g/mol. The maximum absolute atomic E-state index is 5.91. The fraction of sp³-hybridized carbons (Fsp3) is 0.250. The normalized spacial score (nSPS) is 14.5. The van der Waals surface area contributed by atoms with E-state index >= 15 is 0 Å². The smallest absolute Gasteiger partial charge is 0.124 e. The molecule has 2 aromatic carbocycles. The molecule has 98 valence electrons. The molecule has 0 bridgehead atoms. The molecule has 19 heavy (non-hydrogen) atoms. The highest BCUT2D eigenvalue weighted by molar-refractivity contribution is 5.61. The van der Waals surface area contributed by atoms with Gasteiger partial charge in [0.15, 0.2) is 0 Å². The molecule has 1 aliphatic heterocycles. The molecule has 0 saturated heterocycles. The number of hydrogen-bond donors (Lipinski definition) is 1. The summed E-state index contributed by atoms with van der Waals surface area (Å²) in [5.74, 6) is 0.992. The molecule has 3 nitrogen and oxygen atoms in total. The Kier molecular flexibility index (Phi) is 3.03. The van der Waals surface area contributed by atoms with Crippen LogP contribution in [-0.2, 0) is 6.54 Å². The zero-order valence-electron chi connectivity index (χ0n) is 11.1. The van der Waals surface area contributed by atoms with Crippen molar-refractivity contribution in [3.05, 3.63) is 53.6 Å². The van der Waals surface area contributed by atoms with Crippen molar-refractivity contribution in [1.82, 2.24) is 0 Å². The summed E-state index contributed by atoms with van der Waals surface area (Å²) >= 11 is 0. The van der Waals surface area contributed by atoms with Gasteiger partial charge in [0.2, 0.25) is 0 Å². The molecule has 0 aromatic heterocycles. The van der Waals surface area contributed by atoms with Gasteiger partial charge >= 0.3 is 0 Å². The standard InChI is InChI=1S/C16H18N2O/c1-12-6-7-14(17)10-15(12)18-8-9-19-16-5-3-2-4-13(16)11-18/h2-7,10H,8-9,11,17H2,1H3. The Labute approximate surface area is 113 Å². The molecule has 0 amide bonds. The van der Waals surface area contributed by atoms with E-state index in [0.29, 0.717) is 6.61 Å². The van der Waals surface area contributed by atoms with E-state index < -0.39 is 0 Å². The van der Waals surface area contributed by atoms with Gasteiger partial charge in [0.25, 0.3) is 0 Å². The zero-order chi connectivity index (χ0) is 13.2. The highest BCUT2D eigenvalue weighted by atomic mass is 16.5. The van der Waals surface area contributed by atoms with Crippen LogP contribution in [0.3, 0.4) is 0 Å². The first-order chi connectivity index (χ1) is 9.24. The Balaban J connectivity index is 1.96. The maximum Gasteiger partial charge on any atom is 0.124 e. The number of nitrogens with two attached hydrogens (primary N) is 1. The number of rotatable bonds is 1. The quantitative estimate of drug-likeness (QED) is 0.795. The predicted octanol–water partition coefficient (Wildman–Crippen LogP) is 2.98. The minimum atomic E-state index is 0.700. The predicted molar refractivity (Wildman–Crippen MR) is 78.6 cm³/mol. The maximum atomic E-state index is 5.91. The second-order valence-corrected chi connectivity index (χ2v) is 4.92. The molecule has 3 rings (SSSR count). The minimum absolute atomic E-state index is 0.700. The average molecular weight is 254 g/mol. The van der Waals surface area contributed by atoms with Gasteiger partial charge in [0.1, 0.15) is 12.4 Å². The summed E-state index contributed by atoms with van der Waals surface area (Å²) in [6.45, 7) is 4.55. The van der Waals surface area contributed by atoms with Gasteiger partial charge in [-0.3, -0.25) is 0 Å². The number of benzene rings is 2. The van der Waals surface area contributed by atoms with Gasteiger partial charge < -0.3 is 15.4 Å². The first-order valence-electron chi connectivity index (χ1n) is 6.56. The lowest BCUT2D eigenvalue weighted by molar-refractivity contribution is 0.331. The van der Waals surface area contributed by atoms with Crippen LogP contribution in [0.5, 0.6) is 5.75 Å². The van der Waals surface area contributed by atoms with Crippen LogP contribution in [0.15, 0.2) is 42.5 Å². The molecule has 0 unspecified atom stereocenters. The molecular formula is C16H18N2O. The van der Waals surface area contributed by atoms with Crippen LogP contribution < -0.4 is 15.4 Å². The Morgan fingerprint density at radius 3 is 2.89 bits per heavy atom. The summed E-state index contributed by atoms with van der Waals surface area (Å²) in [6, 6.07) is 14.3. The number of para-hydroxylation sites is 1. The number of anilines is 2. The highest BCUT2D eigenvalue weighted by Gasteiger charge is 2.16. The molecule has 0 radical (unpaired) electrons. The highest BCUT2D eigenvalue weighted by Crippen LogP contribution is 2.29. The number of hydrogen-bond acceptors (Lipinski definition) is 3. The van der Waals surface area contributed by atoms with Crippen LogP contribution in [0.1, 0.15) is 11.1 Å². The molecule has 0 saturated carbocycles. The van der Waals surface area contributed by atoms with Gasteiger partial charge in [-0.15, -0.1) is 0 Å². The Morgan fingerprint density at radius 1 is 1.16 bits per heavy atom. The molecule has 2 N–H and O–H groups in total. The minimum Gasteiger partial charge on any atom is -0.491 e. The lowest BCUT2D eigenvalue weighted by Gasteiger charge is -2.24. The fourth-order valence-corrected chi connectivity index (χ4v) is 2.50. The van der Waals surface area contributed by atoms with Crippen LogP contribution in [-0.4, -0.2) is 13.2 Å². The molecule has 0 spiro atoms. The molecule has 0 atom stereocenters. The summed E-state index contributed by atoms with van der Waals surface area (Å²) in [5.41, 5.74) is 10.4. The summed E-state index contributed by atoms with van der Waals surface area (Å²) in [7, 11) is 0. The van der Waals surface area contributed by atoms with Crippen molar-refractivity contribution in [2.45, 2.75) is 13.5 Å². The lowest BCUT2D eigenvalue weighted by atomic mass is 10.1. The third-order valence-corrected chi connectivity index (χ3v) is 3.53. The number of nitrogens with zero attached hydrogens (tertiary/aromatic N) is 1. The number of fused-ring (bicyclic) bond motifs is 1. The molecule has 0 aliphatic carbocycles. The summed E-state index contributed by atoms with van der Waals surface area (Å²) in [5, 5.41) is 0. The first-order valence-corrected chi connectivity index (χ1v) is 6.56. The van der Waals surface area contributed by atoms with Crippen LogP contribution in [0.4, 0.5) is 11.4 Å². The van der Waals surface area contributed by atoms with Crippen molar-refractivity contribution in [3.63, 3.8) is 0 Å². The fourth-order valence-electron chi connectivity index (χ4n) is 2.50. The van der Waals surface area contributed by atoms with Crippen LogP contribution >= 0.6 is 0 Å². The van der Waals surface area contributed by atoms with Gasteiger partial charge in [0, 0.05) is 23.5 Å². The van der Waals surface area contributed by atoms with Crippen molar-refractivity contribution in [2.75, 3.05) is 23.8 Å². The van der Waals surface area contributed by atoms with Crippen LogP contribution in [0.25, 0.3) is 0 Å². The van der Waals surface area contributed by atoms with E-state index in [1.807, 2.05) is 24.3 Å². The number of ether oxygens (including phenoxy) is 1. The SMILES string of the molecule is Cc1ccc(N)cc1N1CCOc2ccccc2C1. The van der Waals surface area contributed by atoms with Gasteiger partial charge in [-0.25, -0.2) is 0 Å². The second kappa shape index (κ2) is 4.84. The van der Waals surface area contributed by atoms with Crippen molar-refractivity contribution in [3.8, 4) is 5.75 Å². The third kappa shape index (κ3) is 2.36. The van der Waals surface area contributed by atoms with Gasteiger partial charge in [0.05, 0.1) is 6.54 Å². The van der Waals surface area contributed by atoms with E-state index in [1.165, 1.54) is 16.8 Å². The second-order valence-electron chi connectivity index (χ2n) is 4.92. The van der Waals surface area contributed by atoms with Crippen molar-refractivity contribution in [1.29, 1.82) is 0 Å². The van der Waals surface area contributed by atoms with Gasteiger partial charge in [-0.1, -0.05) is 24.3 Å². The van der Waals surface area contributed by atoms with Gasteiger partial charge in [-0.05, 0) is 30.7 Å². The van der Waals surface area contributed by atoms with E-state index in [0.717, 1.165) is 24.5 Å². The average Bonchev–Trinajstić information content (AvgIpc) is 2.63. The summed E-state index contributed by atoms with van der Waals surface area (Å²) < 4.78 is 5.80. The van der Waals surface area contributed by atoms with Crippen LogP contribution in [0, 0.1) is 6.92 Å². The van der Waals surface area contributed by atoms with E-state index in [4.69, 9.17) is 10.5 Å². The first kappa shape index (κ1) is 11.9. The van der Waals surface area contributed by atoms with Crippen molar-refractivity contribution >= 4 is 11.4 Å². The molecule has 1 aliphatic rings. The van der Waals surface area contributed by atoms with E-state index in [2.05, 4.69) is 30.0 Å². The van der Waals surface area contributed by atoms with E-state index in [-0.39, 0.29) is 0 Å². The monoisotopic (exact) mass is 254 g/mol. The van der Waals surface area contributed by atoms with Gasteiger partial charge in [-0.2, -0.15) is 0 Å². The Morgan fingerprint density at radius 2 is 2.00 bits per heavy atom. The summed E-state index contributed by atoms with van der Waals surface area (Å²) in [4.78, 5) is 2.33. The van der Waals surface area contributed by atoms with E-state index in [1.54, 1.807) is 0 Å². The topological polar surface area (TPSA) is 38.5 Å². The molecule has 3 heteroatoms. The largest absolute Gasteiger partial charge is 0.491 e. The van der Waals surface area contributed by atoms with Crippen LogP contribution in [0.2, 0.25) is 0 Å². The van der Waals surface area contributed by atoms with Crippen molar-refractivity contribution < 1.29 is 4.74 Å².